The van der Waals surface area contributed by atoms with Crippen LogP contribution < -0.4 is 4.72 Å². The van der Waals surface area contributed by atoms with E-state index in [1.807, 2.05) is 13.0 Å². The Morgan fingerprint density at radius 1 is 1.10 bits per heavy atom. The molecule has 31 heavy (non-hydrogen) atoms. The molecular formula is C21H17ClFN5O2S. The molecule has 0 aliphatic carbocycles. The molecule has 3 aromatic heterocycles. The van der Waals surface area contributed by atoms with Gasteiger partial charge in [-0.25, -0.2) is 28.4 Å². The molecule has 0 fully saturated rings. The van der Waals surface area contributed by atoms with Gasteiger partial charge in [0.1, 0.15) is 16.2 Å². The maximum absolute atomic E-state index is 13.4. The Balaban J connectivity index is 1.71. The van der Waals surface area contributed by atoms with Crippen LogP contribution in [-0.2, 0) is 16.4 Å². The summed E-state index contributed by atoms with van der Waals surface area (Å²) in [5.41, 5.74) is 3.65. The third-order valence-electron chi connectivity index (χ3n) is 4.70. The predicted octanol–water partition coefficient (Wildman–Crippen LogP) is 4.55. The summed E-state index contributed by atoms with van der Waals surface area (Å²) in [4.78, 5) is 16.3. The van der Waals surface area contributed by atoms with Crippen LogP contribution in [0.2, 0.25) is 5.02 Å². The molecule has 0 aliphatic rings. The van der Waals surface area contributed by atoms with Crippen molar-refractivity contribution in [3.63, 3.8) is 0 Å². The highest BCUT2D eigenvalue weighted by Crippen LogP contribution is 2.28. The predicted molar refractivity (Wildman–Crippen MR) is 117 cm³/mol. The van der Waals surface area contributed by atoms with E-state index in [9.17, 15) is 12.8 Å². The summed E-state index contributed by atoms with van der Waals surface area (Å²) >= 11 is 6.02. The second kappa shape index (κ2) is 8.16. The van der Waals surface area contributed by atoms with Gasteiger partial charge in [0.05, 0.1) is 22.4 Å². The molecule has 1 aromatic carbocycles. The van der Waals surface area contributed by atoms with Gasteiger partial charge in [0.15, 0.2) is 0 Å². The van der Waals surface area contributed by atoms with Crippen LogP contribution in [0.3, 0.4) is 0 Å². The molecule has 1 N–H and O–H groups in total. The fraction of sp³-hybridized carbons (Fsp3) is 0.143. The van der Waals surface area contributed by atoms with Crippen molar-refractivity contribution >= 4 is 38.5 Å². The molecule has 0 saturated carbocycles. The molecule has 0 spiro atoms. The van der Waals surface area contributed by atoms with Crippen LogP contribution in [0.1, 0.15) is 18.2 Å². The van der Waals surface area contributed by atoms with E-state index < -0.39 is 16.1 Å². The van der Waals surface area contributed by atoms with Crippen LogP contribution in [0.25, 0.3) is 22.3 Å². The lowest BCUT2D eigenvalue weighted by atomic mass is 10.1. The van der Waals surface area contributed by atoms with E-state index in [0.717, 1.165) is 5.56 Å². The number of aromatic nitrogens is 4. The van der Waals surface area contributed by atoms with Crippen molar-refractivity contribution in [1.82, 2.24) is 19.9 Å². The number of aryl methyl sites for hydroxylation is 2. The van der Waals surface area contributed by atoms with Gasteiger partial charge in [-0.2, -0.15) is 4.39 Å². The van der Waals surface area contributed by atoms with Gasteiger partial charge in [0.2, 0.25) is 0 Å². The van der Waals surface area contributed by atoms with Crippen molar-refractivity contribution in [3.05, 3.63) is 71.0 Å². The van der Waals surface area contributed by atoms with Crippen LogP contribution in [0.4, 0.5) is 10.2 Å². The van der Waals surface area contributed by atoms with Gasteiger partial charge in [0, 0.05) is 11.3 Å². The Morgan fingerprint density at radius 3 is 2.58 bits per heavy atom. The molecular weight excluding hydrogens is 441 g/mol. The van der Waals surface area contributed by atoms with E-state index in [0.29, 0.717) is 34.4 Å². The van der Waals surface area contributed by atoms with E-state index in [2.05, 4.69) is 24.7 Å². The lowest BCUT2D eigenvalue weighted by Crippen LogP contribution is -2.14. The number of hydrogen-bond acceptors (Lipinski definition) is 6. The van der Waals surface area contributed by atoms with Crippen molar-refractivity contribution in [2.45, 2.75) is 25.2 Å². The van der Waals surface area contributed by atoms with Crippen LogP contribution >= 0.6 is 11.6 Å². The Labute approximate surface area is 183 Å². The van der Waals surface area contributed by atoms with E-state index in [4.69, 9.17) is 11.6 Å². The number of halogens is 2. The topological polar surface area (TPSA) is 97.7 Å². The zero-order valence-corrected chi connectivity index (χ0v) is 18.2. The summed E-state index contributed by atoms with van der Waals surface area (Å²) in [6, 6.07) is 11.3. The molecule has 0 amide bonds. The SMILES string of the molecule is CCc1cc(-c2ccc(NS(=O)(=O)c3ccccc3Cl)nc2C)nc2cnc(F)nc12. The van der Waals surface area contributed by atoms with E-state index in [1.165, 1.54) is 18.3 Å². The molecule has 0 atom stereocenters. The zero-order valence-electron chi connectivity index (χ0n) is 16.6. The van der Waals surface area contributed by atoms with Crippen molar-refractivity contribution in [2.75, 3.05) is 4.72 Å². The smallest absolute Gasteiger partial charge is 0.263 e. The number of nitrogens with zero attached hydrogens (tertiary/aromatic N) is 4. The Bertz CT molecular complexity index is 1410. The number of fused-ring (bicyclic) bond motifs is 1. The van der Waals surface area contributed by atoms with Crippen molar-refractivity contribution in [1.29, 1.82) is 0 Å². The second-order valence-electron chi connectivity index (χ2n) is 6.76. The minimum absolute atomic E-state index is 0.0313. The van der Waals surface area contributed by atoms with E-state index in [1.54, 1.807) is 31.2 Å². The highest BCUT2D eigenvalue weighted by molar-refractivity contribution is 7.92. The molecule has 0 saturated heterocycles. The maximum atomic E-state index is 13.4. The summed E-state index contributed by atoms with van der Waals surface area (Å²) in [6.07, 6.45) is 1.17. The molecule has 0 radical (unpaired) electrons. The number of sulfonamides is 1. The average molecular weight is 458 g/mol. The highest BCUT2D eigenvalue weighted by Gasteiger charge is 2.19. The lowest BCUT2D eigenvalue weighted by molar-refractivity contribution is 0.544. The Hall–Kier alpha value is -3.17. The van der Waals surface area contributed by atoms with E-state index in [-0.39, 0.29) is 15.7 Å². The van der Waals surface area contributed by atoms with Gasteiger partial charge < -0.3 is 0 Å². The van der Waals surface area contributed by atoms with Gasteiger partial charge in [-0.1, -0.05) is 30.7 Å². The summed E-state index contributed by atoms with van der Waals surface area (Å²) in [7, 11) is -3.89. The summed E-state index contributed by atoms with van der Waals surface area (Å²) < 4.78 is 41.2. The van der Waals surface area contributed by atoms with Crippen molar-refractivity contribution in [3.8, 4) is 11.3 Å². The minimum atomic E-state index is -3.89. The maximum Gasteiger partial charge on any atom is 0.309 e. The molecule has 10 heteroatoms. The number of pyridine rings is 2. The summed E-state index contributed by atoms with van der Waals surface area (Å²) in [5, 5.41) is 0.120. The van der Waals surface area contributed by atoms with Crippen LogP contribution in [0.15, 0.2) is 53.6 Å². The average Bonchev–Trinajstić information content (AvgIpc) is 2.73. The third-order valence-corrected chi connectivity index (χ3v) is 6.56. The third kappa shape index (κ3) is 4.19. The number of benzene rings is 1. The number of anilines is 1. The first-order valence-corrected chi connectivity index (χ1v) is 11.2. The molecule has 7 nitrogen and oxygen atoms in total. The van der Waals surface area contributed by atoms with Crippen LogP contribution in [0, 0.1) is 13.0 Å². The quantitative estimate of drug-likeness (QED) is 0.441. The number of hydrogen-bond donors (Lipinski definition) is 1. The molecule has 158 valence electrons. The van der Waals surface area contributed by atoms with Crippen molar-refractivity contribution in [2.24, 2.45) is 0 Å². The first kappa shape index (κ1) is 21.1. The van der Waals surface area contributed by atoms with Gasteiger partial charge >= 0.3 is 6.08 Å². The Morgan fingerprint density at radius 2 is 1.87 bits per heavy atom. The van der Waals surface area contributed by atoms with Gasteiger partial charge in [0.25, 0.3) is 10.0 Å². The number of nitrogens with one attached hydrogen (secondary N) is 1. The minimum Gasteiger partial charge on any atom is -0.263 e. The highest BCUT2D eigenvalue weighted by atomic mass is 35.5. The summed E-state index contributed by atoms with van der Waals surface area (Å²) in [6.45, 7) is 3.69. The van der Waals surface area contributed by atoms with Crippen LogP contribution in [-0.4, -0.2) is 28.4 Å². The van der Waals surface area contributed by atoms with Gasteiger partial charge in [-0.3, -0.25) is 4.72 Å². The molecule has 0 aliphatic heterocycles. The fourth-order valence-corrected chi connectivity index (χ4v) is 4.74. The molecule has 0 unspecified atom stereocenters. The first-order chi connectivity index (χ1) is 14.8. The normalized spacial score (nSPS) is 11.6. The molecule has 4 aromatic rings. The summed E-state index contributed by atoms with van der Waals surface area (Å²) in [5.74, 6) is 0.156. The van der Waals surface area contributed by atoms with Crippen LogP contribution in [0.5, 0.6) is 0 Å². The first-order valence-electron chi connectivity index (χ1n) is 9.36. The lowest BCUT2D eigenvalue weighted by Gasteiger charge is -2.12. The zero-order chi connectivity index (χ0) is 22.2. The molecule has 4 rings (SSSR count). The van der Waals surface area contributed by atoms with Gasteiger partial charge in [-0.15, -0.1) is 0 Å². The van der Waals surface area contributed by atoms with E-state index >= 15 is 0 Å². The standard InChI is InChI=1S/C21H17ClFN5O2S/c1-3-13-10-16(26-17-11-24-21(23)27-20(13)17)14-8-9-19(25-12(14)2)28-31(29,30)18-7-5-4-6-15(18)22/h4-11H,3H2,1-2H3,(H,25,28). The monoisotopic (exact) mass is 457 g/mol. The largest absolute Gasteiger partial charge is 0.309 e. The molecule has 3 heterocycles. The molecule has 0 bridgehead atoms. The second-order valence-corrected chi connectivity index (χ2v) is 8.82. The van der Waals surface area contributed by atoms with Gasteiger partial charge in [-0.05, 0) is 49.2 Å². The number of rotatable bonds is 5. The Kier molecular flexibility index (Phi) is 5.55. The fourth-order valence-electron chi connectivity index (χ4n) is 3.22. The van der Waals surface area contributed by atoms with Crippen molar-refractivity contribution < 1.29 is 12.8 Å².